The van der Waals surface area contributed by atoms with Crippen LogP contribution >= 0.6 is 0 Å². The van der Waals surface area contributed by atoms with E-state index in [4.69, 9.17) is 24.7 Å². The molecule has 6 aliphatic rings. The van der Waals surface area contributed by atoms with Gasteiger partial charge in [-0.05, 0) is 112 Å². The Kier molecular flexibility index (Phi) is 19.8. The number of hydrogen-bond donors (Lipinski definition) is 7. The van der Waals surface area contributed by atoms with Crippen LogP contribution in [0.1, 0.15) is 130 Å². The Morgan fingerprint density at radius 3 is 2.28 bits per heavy atom. The quantitative estimate of drug-likeness (QED) is 0.0287. The fourth-order valence-corrected chi connectivity index (χ4v) is 12.9. The van der Waals surface area contributed by atoms with Crippen molar-refractivity contribution in [2.24, 2.45) is 40.2 Å². The highest BCUT2D eigenvalue weighted by Gasteiger charge is 2.76. The highest BCUT2D eigenvalue weighted by Crippen LogP contribution is 2.69. The maximum atomic E-state index is 14.6. The molecule has 1 aromatic rings. The Labute approximate surface area is 455 Å². The Bertz CT molecular complexity index is 2510. The zero-order chi connectivity index (χ0) is 56.5. The number of esters is 2. The number of nitrogens with one attached hydrogen (secondary N) is 4. The van der Waals surface area contributed by atoms with Gasteiger partial charge >= 0.3 is 11.9 Å². The lowest BCUT2D eigenvalue weighted by atomic mass is 9.46. The lowest BCUT2D eigenvalue weighted by Crippen LogP contribution is -2.63. The molecule has 0 radical (unpaired) electrons. The summed E-state index contributed by atoms with van der Waals surface area (Å²) in [6, 6.07) is 4.39. The molecule has 7 rings (SSSR count). The first-order valence-electron chi connectivity index (χ1n) is 27.6. The minimum atomic E-state index is -1.47. The number of allylic oxidation sites excluding steroid dienone is 4. The summed E-state index contributed by atoms with van der Waals surface area (Å²) >= 11 is 0. The number of nitrogens with two attached hydrogens (primary N) is 1. The number of nitrogens with zero attached hydrogens (tertiary/aromatic N) is 1. The van der Waals surface area contributed by atoms with Crippen molar-refractivity contribution in [3.63, 3.8) is 0 Å². The van der Waals surface area contributed by atoms with Crippen LogP contribution in [-0.2, 0) is 68.7 Å². The summed E-state index contributed by atoms with van der Waals surface area (Å²) in [4.78, 5) is 118. The van der Waals surface area contributed by atoms with E-state index in [0.29, 0.717) is 56.2 Å². The van der Waals surface area contributed by atoms with E-state index in [1.807, 2.05) is 19.9 Å². The van der Waals surface area contributed by atoms with Crippen LogP contribution in [0.15, 0.2) is 60.2 Å². The number of aliphatic hydroxyl groups excluding tert-OH is 2. The number of carbonyl (C=O) groups excluding carboxylic acids is 9. The van der Waals surface area contributed by atoms with Gasteiger partial charge in [-0.1, -0.05) is 71.2 Å². The molecule has 426 valence electrons. The highest BCUT2D eigenvalue weighted by atomic mass is 16.7. The number of Topliss-reactive ketones (excluding diaryl/α,β-unsaturated/α-hetero) is 1. The smallest absolute Gasteiger partial charge is 0.306 e. The van der Waals surface area contributed by atoms with Crippen molar-refractivity contribution in [3.8, 4) is 0 Å². The number of hydrogen-bond acceptors (Lipinski definition) is 17. The molecule has 3 saturated carbocycles. The Hall–Kier alpha value is -5.97. The van der Waals surface area contributed by atoms with E-state index in [-0.39, 0.29) is 99.0 Å². The predicted octanol–water partition coefficient (Wildman–Crippen LogP) is 3.45. The van der Waals surface area contributed by atoms with E-state index in [9.17, 15) is 53.4 Å². The van der Waals surface area contributed by atoms with Crippen LogP contribution in [0.3, 0.4) is 0 Å². The summed E-state index contributed by atoms with van der Waals surface area (Å²) in [6.45, 7) is 9.31. The first kappa shape index (κ1) is 59.7. The Balaban J connectivity index is 0.870. The summed E-state index contributed by atoms with van der Waals surface area (Å²) in [5.74, 6) is -4.73. The van der Waals surface area contributed by atoms with Crippen molar-refractivity contribution >= 4 is 58.7 Å². The molecule has 1 aromatic carbocycles. The molecule has 0 spiro atoms. The second-order valence-electron chi connectivity index (χ2n) is 22.4. The van der Waals surface area contributed by atoms with Gasteiger partial charge in [0.05, 0.1) is 25.0 Å². The molecule has 2 aliphatic heterocycles. The second kappa shape index (κ2) is 25.9. The van der Waals surface area contributed by atoms with E-state index in [0.717, 1.165) is 23.3 Å². The van der Waals surface area contributed by atoms with E-state index in [2.05, 4.69) is 28.2 Å². The third kappa shape index (κ3) is 13.4. The fourth-order valence-electron chi connectivity index (χ4n) is 12.9. The van der Waals surface area contributed by atoms with Crippen LogP contribution in [0.2, 0.25) is 0 Å². The molecule has 78 heavy (non-hydrogen) atoms. The monoisotopic (exact) mass is 1090 g/mol. The summed E-state index contributed by atoms with van der Waals surface area (Å²) in [5.41, 5.74) is 4.54. The van der Waals surface area contributed by atoms with Gasteiger partial charge in [-0.2, -0.15) is 0 Å². The van der Waals surface area contributed by atoms with Gasteiger partial charge in [-0.25, -0.2) is 0 Å². The highest BCUT2D eigenvalue weighted by molar-refractivity contribution is 6.12. The van der Waals surface area contributed by atoms with Crippen molar-refractivity contribution in [1.29, 1.82) is 0 Å². The molecule has 21 nitrogen and oxygen atoms in total. The summed E-state index contributed by atoms with van der Waals surface area (Å²) in [5, 5.41) is 32.4. The maximum Gasteiger partial charge on any atom is 0.306 e. The minimum absolute atomic E-state index is 0.0203. The van der Waals surface area contributed by atoms with Crippen molar-refractivity contribution in [2.45, 2.75) is 174 Å². The molecule has 21 heteroatoms. The third-order valence-corrected chi connectivity index (χ3v) is 16.9. The van der Waals surface area contributed by atoms with Gasteiger partial charge in [0.1, 0.15) is 18.7 Å². The van der Waals surface area contributed by atoms with Crippen LogP contribution in [0, 0.1) is 34.5 Å². The molecule has 0 aromatic heterocycles. The largest absolute Gasteiger partial charge is 0.461 e. The number of amides is 5. The average molecular weight is 1090 g/mol. The van der Waals surface area contributed by atoms with Crippen LogP contribution in [0.5, 0.6) is 0 Å². The van der Waals surface area contributed by atoms with Gasteiger partial charge in [0.2, 0.25) is 23.5 Å². The van der Waals surface area contributed by atoms with Crippen LogP contribution < -0.4 is 27.0 Å². The number of benzene rings is 1. The zero-order valence-electron chi connectivity index (χ0n) is 45.4. The van der Waals surface area contributed by atoms with Crippen LogP contribution in [0.25, 0.3) is 0 Å². The van der Waals surface area contributed by atoms with Gasteiger partial charge in [-0.15, -0.1) is 0 Å². The number of ketones is 2. The molecule has 8 N–H and O–H groups in total. The molecular formula is C57H78N6O15. The Morgan fingerprint density at radius 2 is 1.60 bits per heavy atom. The fraction of sp³-hybridized carbons (Fsp3) is 0.632. The molecule has 2 unspecified atom stereocenters. The first-order chi connectivity index (χ1) is 37.1. The number of unbranched alkanes of at least 4 members (excludes halogenated alkanes) is 2. The number of anilines is 1. The average Bonchev–Trinajstić information content (AvgIpc) is 4.10. The molecule has 0 bridgehead atoms. The SMILES string of the molecule is CCCC1O[C@@H]2C[C@H]3[C@@H]4CCC5=CC(=O)C=C[C@]5(C)[C@H]4[C@@H](O)C[C@]3(C)[C@]2(C(=O)COC(=O)CCC(=O)OCc2ccc(NC(=O)[C@H](CCCNC(N)O)NC(=O)[C@@H](NC(=O)CCCCCN3C(=O)C=CC3=O)C(C)C)cc2)O1. The van der Waals surface area contributed by atoms with Gasteiger partial charge in [-0.3, -0.25) is 59.1 Å². The van der Waals surface area contributed by atoms with Gasteiger partial charge in [0, 0.05) is 47.6 Å². The van der Waals surface area contributed by atoms with Gasteiger partial charge < -0.3 is 45.1 Å². The lowest BCUT2D eigenvalue weighted by molar-refractivity contribution is -0.201. The molecule has 2 heterocycles. The number of ether oxygens (including phenoxy) is 4. The minimum Gasteiger partial charge on any atom is -0.461 e. The maximum absolute atomic E-state index is 14.6. The van der Waals surface area contributed by atoms with E-state index in [1.165, 1.54) is 12.2 Å². The van der Waals surface area contributed by atoms with Crippen LogP contribution in [-0.4, -0.2) is 130 Å². The molecule has 4 fully saturated rings. The Morgan fingerprint density at radius 1 is 0.897 bits per heavy atom. The van der Waals surface area contributed by atoms with Crippen molar-refractivity contribution in [1.82, 2.24) is 20.9 Å². The van der Waals surface area contributed by atoms with Crippen LogP contribution in [0.4, 0.5) is 5.69 Å². The normalized spacial score (nSPS) is 28.9. The number of imide groups is 1. The summed E-state index contributed by atoms with van der Waals surface area (Å²) in [6.07, 6.45) is 9.33. The first-order valence-corrected chi connectivity index (χ1v) is 27.6. The number of fused-ring (bicyclic) bond motifs is 7. The van der Waals surface area contributed by atoms with Crippen molar-refractivity contribution in [2.75, 3.05) is 25.0 Å². The number of aliphatic hydroxyl groups is 2. The third-order valence-electron chi connectivity index (χ3n) is 16.9. The summed E-state index contributed by atoms with van der Waals surface area (Å²) < 4.78 is 24.1. The standard InChI is InChI=1S/C57H78N6O15/c1-6-11-49-77-43-29-39-38-19-16-35-28-37(64)24-25-55(35,4)50(38)41(65)30-56(39,5)57(43,78-49)42(66)32-76-48(71)23-22-47(70)75-31-34-14-17-36(18-15-34)60-52(72)40(12-10-26-59-54(58)74)61-53(73)51(33(2)3)62-44(67)13-8-7-9-27-63-45(68)20-21-46(63)69/h14-15,17-18,20-21,24-25,28,33,38-41,43,49-51,54,59,65,74H,6-13,16,19,22-23,26-27,29-32,58H2,1-5H3,(H,60,72)(H,61,73)(H,62,67)/t38-,39-,40-,41-,43+,49?,50+,51-,54?,55-,56-,57+/m0/s1. The molecule has 4 aliphatic carbocycles. The molecule has 5 amide bonds. The lowest BCUT2D eigenvalue weighted by Gasteiger charge is -2.59. The van der Waals surface area contributed by atoms with Crippen molar-refractivity contribution < 1.29 is 72.3 Å². The molecule has 1 saturated heterocycles. The topological polar surface area (TPSA) is 308 Å². The van der Waals surface area contributed by atoms with Gasteiger partial charge in [0.25, 0.3) is 11.8 Å². The molecular weight excluding hydrogens is 1010 g/mol. The predicted molar refractivity (Wildman–Crippen MR) is 281 cm³/mol. The van der Waals surface area contributed by atoms with E-state index < -0.39 is 89.5 Å². The van der Waals surface area contributed by atoms with E-state index >= 15 is 0 Å². The van der Waals surface area contributed by atoms with Crippen molar-refractivity contribution in [3.05, 3.63) is 65.8 Å². The second-order valence-corrected chi connectivity index (χ2v) is 22.4. The molecule has 12 atom stereocenters. The zero-order valence-corrected chi connectivity index (χ0v) is 45.4. The summed E-state index contributed by atoms with van der Waals surface area (Å²) in [7, 11) is 0. The number of carbonyl (C=O) groups is 9. The number of rotatable bonds is 27. The van der Waals surface area contributed by atoms with Gasteiger partial charge in [0.15, 0.2) is 30.6 Å². The van der Waals surface area contributed by atoms with E-state index in [1.54, 1.807) is 50.3 Å².